The molecule has 0 aliphatic carbocycles. The fourth-order valence-corrected chi connectivity index (χ4v) is 1.93. The third-order valence-electron chi connectivity index (χ3n) is 2.97. The van der Waals surface area contributed by atoms with Crippen molar-refractivity contribution >= 4 is 5.97 Å². The van der Waals surface area contributed by atoms with Gasteiger partial charge in [0.05, 0.1) is 26.4 Å². The van der Waals surface area contributed by atoms with E-state index in [1.165, 1.54) is 14.2 Å². The summed E-state index contributed by atoms with van der Waals surface area (Å²) in [7, 11) is 3.04. The Morgan fingerprint density at radius 3 is 2.23 bits per heavy atom. The zero-order valence-corrected chi connectivity index (χ0v) is 12.8. The molecule has 2 aromatic carbocycles. The third kappa shape index (κ3) is 3.49. The average Bonchev–Trinajstić information content (AvgIpc) is 2.56. The van der Waals surface area contributed by atoms with Crippen LogP contribution in [0.4, 0.5) is 0 Å². The molecule has 0 saturated heterocycles. The van der Waals surface area contributed by atoms with Crippen LogP contribution < -0.4 is 18.9 Å². The van der Waals surface area contributed by atoms with Crippen molar-refractivity contribution < 1.29 is 23.7 Å². The highest BCUT2D eigenvalue weighted by molar-refractivity contribution is 5.92. The summed E-state index contributed by atoms with van der Waals surface area (Å²) in [5.41, 5.74) is 0.367. The van der Waals surface area contributed by atoms with Gasteiger partial charge in [-0.2, -0.15) is 0 Å². The van der Waals surface area contributed by atoms with E-state index in [0.717, 1.165) is 0 Å². The molecule has 0 amide bonds. The molecule has 0 bridgehead atoms. The molecule has 0 aliphatic rings. The molecule has 0 aliphatic heterocycles. The minimum Gasteiger partial charge on any atom is -0.493 e. The first-order valence-corrected chi connectivity index (χ1v) is 6.85. The van der Waals surface area contributed by atoms with Gasteiger partial charge in [-0.3, -0.25) is 0 Å². The highest BCUT2D eigenvalue weighted by atomic mass is 16.6. The largest absolute Gasteiger partial charge is 0.493 e. The monoisotopic (exact) mass is 302 g/mol. The predicted molar refractivity (Wildman–Crippen MR) is 82.1 cm³/mol. The van der Waals surface area contributed by atoms with Crippen LogP contribution in [0.2, 0.25) is 0 Å². The number of carbonyl (C=O) groups excluding carboxylic acids is 1. The van der Waals surface area contributed by atoms with Gasteiger partial charge in [0.25, 0.3) is 0 Å². The second kappa shape index (κ2) is 7.36. The van der Waals surface area contributed by atoms with Crippen molar-refractivity contribution in [1.29, 1.82) is 0 Å². The lowest BCUT2D eigenvalue weighted by Crippen LogP contribution is -2.09. The summed E-state index contributed by atoms with van der Waals surface area (Å²) in [4.78, 5) is 12.2. The number of carbonyl (C=O) groups is 1. The van der Waals surface area contributed by atoms with Crippen LogP contribution in [0.15, 0.2) is 42.5 Å². The summed E-state index contributed by atoms with van der Waals surface area (Å²) < 4.78 is 21.2. The molecule has 0 fully saturated rings. The summed E-state index contributed by atoms with van der Waals surface area (Å²) in [6.07, 6.45) is 0. The van der Waals surface area contributed by atoms with E-state index in [2.05, 4.69) is 0 Å². The first-order chi connectivity index (χ1) is 10.7. The van der Waals surface area contributed by atoms with Crippen molar-refractivity contribution in [2.75, 3.05) is 20.8 Å². The quantitative estimate of drug-likeness (QED) is 0.605. The van der Waals surface area contributed by atoms with Crippen molar-refractivity contribution in [2.24, 2.45) is 0 Å². The summed E-state index contributed by atoms with van der Waals surface area (Å²) in [5, 5.41) is 0. The van der Waals surface area contributed by atoms with Crippen molar-refractivity contribution in [2.45, 2.75) is 6.92 Å². The highest BCUT2D eigenvalue weighted by Crippen LogP contribution is 2.30. The molecule has 0 atom stereocenters. The number of hydrogen-bond acceptors (Lipinski definition) is 5. The molecule has 0 spiro atoms. The van der Waals surface area contributed by atoms with Crippen LogP contribution in [0.3, 0.4) is 0 Å². The van der Waals surface area contributed by atoms with Crippen LogP contribution in [-0.4, -0.2) is 26.8 Å². The molecule has 5 heteroatoms. The molecule has 0 aromatic heterocycles. The minimum absolute atomic E-state index is 0.364. The van der Waals surface area contributed by atoms with E-state index in [1.807, 2.05) is 6.92 Å². The van der Waals surface area contributed by atoms with Gasteiger partial charge < -0.3 is 18.9 Å². The third-order valence-corrected chi connectivity index (χ3v) is 2.97. The summed E-state index contributed by atoms with van der Waals surface area (Å²) in [5.74, 6) is 1.43. The fraction of sp³-hybridized carbons (Fsp3) is 0.235. The Kier molecular flexibility index (Phi) is 5.25. The molecule has 22 heavy (non-hydrogen) atoms. The summed E-state index contributed by atoms with van der Waals surface area (Å²) in [6, 6.07) is 11.9. The number of benzene rings is 2. The van der Waals surface area contributed by atoms with Gasteiger partial charge in [0.2, 0.25) is 0 Å². The Balaban J connectivity index is 2.22. The van der Waals surface area contributed by atoms with Crippen LogP contribution in [-0.2, 0) is 0 Å². The second-order valence-corrected chi connectivity index (χ2v) is 4.34. The average molecular weight is 302 g/mol. The van der Waals surface area contributed by atoms with Gasteiger partial charge in [-0.25, -0.2) is 4.79 Å². The number of esters is 1. The molecule has 5 nitrogen and oxygen atoms in total. The van der Waals surface area contributed by atoms with E-state index in [4.69, 9.17) is 18.9 Å². The normalized spacial score (nSPS) is 9.95. The summed E-state index contributed by atoms with van der Waals surface area (Å²) in [6.45, 7) is 2.39. The molecule has 2 aromatic rings. The van der Waals surface area contributed by atoms with E-state index in [-0.39, 0.29) is 0 Å². The molecule has 0 unspecified atom stereocenters. The topological polar surface area (TPSA) is 54.0 Å². The standard InChI is InChI=1S/C17H18O5/c1-4-21-14-10-9-12(11-16(14)20-3)17(18)22-15-8-6-5-7-13(15)19-2/h5-11H,4H2,1-3H3. The van der Waals surface area contributed by atoms with E-state index in [0.29, 0.717) is 35.2 Å². The lowest BCUT2D eigenvalue weighted by Gasteiger charge is -2.11. The molecule has 116 valence electrons. The van der Waals surface area contributed by atoms with Gasteiger partial charge in [0.1, 0.15) is 0 Å². The second-order valence-electron chi connectivity index (χ2n) is 4.34. The summed E-state index contributed by atoms with van der Waals surface area (Å²) >= 11 is 0. The van der Waals surface area contributed by atoms with Gasteiger partial charge in [-0.05, 0) is 37.3 Å². The van der Waals surface area contributed by atoms with Crippen molar-refractivity contribution in [3.05, 3.63) is 48.0 Å². The number of rotatable bonds is 6. The lowest BCUT2D eigenvalue weighted by atomic mass is 10.2. The molecular weight excluding hydrogens is 284 g/mol. The van der Waals surface area contributed by atoms with Gasteiger partial charge >= 0.3 is 5.97 Å². The molecular formula is C17H18O5. The first-order valence-electron chi connectivity index (χ1n) is 6.85. The van der Waals surface area contributed by atoms with Crippen LogP contribution >= 0.6 is 0 Å². The maximum atomic E-state index is 12.2. The maximum Gasteiger partial charge on any atom is 0.343 e. The Hall–Kier alpha value is -2.69. The molecule has 0 radical (unpaired) electrons. The number of hydrogen-bond donors (Lipinski definition) is 0. The smallest absolute Gasteiger partial charge is 0.343 e. The first kappa shape index (κ1) is 15.7. The van der Waals surface area contributed by atoms with E-state index in [1.54, 1.807) is 42.5 Å². The minimum atomic E-state index is -0.495. The van der Waals surface area contributed by atoms with Gasteiger partial charge in [-0.1, -0.05) is 12.1 Å². The predicted octanol–water partition coefficient (Wildman–Crippen LogP) is 3.32. The Morgan fingerprint density at radius 2 is 1.59 bits per heavy atom. The van der Waals surface area contributed by atoms with Gasteiger partial charge in [0, 0.05) is 0 Å². The molecule has 0 saturated carbocycles. The lowest BCUT2D eigenvalue weighted by molar-refractivity contribution is 0.0729. The van der Waals surface area contributed by atoms with Crippen LogP contribution in [0.25, 0.3) is 0 Å². The zero-order chi connectivity index (χ0) is 15.9. The van der Waals surface area contributed by atoms with Crippen molar-refractivity contribution in [1.82, 2.24) is 0 Å². The number of para-hydroxylation sites is 2. The number of ether oxygens (including phenoxy) is 4. The SMILES string of the molecule is CCOc1ccc(C(=O)Oc2ccccc2OC)cc1OC. The van der Waals surface area contributed by atoms with E-state index in [9.17, 15) is 4.79 Å². The Morgan fingerprint density at radius 1 is 0.909 bits per heavy atom. The highest BCUT2D eigenvalue weighted by Gasteiger charge is 2.15. The van der Waals surface area contributed by atoms with Crippen LogP contribution in [0.1, 0.15) is 17.3 Å². The maximum absolute atomic E-state index is 12.2. The van der Waals surface area contributed by atoms with Gasteiger partial charge in [0.15, 0.2) is 23.0 Å². The Labute approximate surface area is 129 Å². The van der Waals surface area contributed by atoms with Crippen LogP contribution in [0, 0.1) is 0 Å². The van der Waals surface area contributed by atoms with Crippen molar-refractivity contribution in [3.63, 3.8) is 0 Å². The van der Waals surface area contributed by atoms with Gasteiger partial charge in [-0.15, -0.1) is 0 Å². The zero-order valence-electron chi connectivity index (χ0n) is 12.8. The van der Waals surface area contributed by atoms with E-state index >= 15 is 0 Å². The molecule has 0 N–H and O–H groups in total. The Bertz CT molecular complexity index is 651. The number of methoxy groups -OCH3 is 2. The fourth-order valence-electron chi connectivity index (χ4n) is 1.93. The van der Waals surface area contributed by atoms with E-state index < -0.39 is 5.97 Å². The van der Waals surface area contributed by atoms with Crippen molar-refractivity contribution in [3.8, 4) is 23.0 Å². The molecule has 2 rings (SSSR count). The van der Waals surface area contributed by atoms with Crippen LogP contribution in [0.5, 0.6) is 23.0 Å². The molecule has 0 heterocycles.